The van der Waals surface area contributed by atoms with Crippen LogP contribution < -0.4 is 15.4 Å². The van der Waals surface area contributed by atoms with Gasteiger partial charge in [-0.15, -0.1) is 0 Å². The zero-order valence-corrected chi connectivity index (χ0v) is 21.9. The van der Waals surface area contributed by atoms with Gasteiger partial charge in [0, 0.05) is 57.0 Å². The number of nitrogens with zero attached hydrogens (tertiary/aromatic N) is 4. The maximum atomic E-state index is 14.8. The van der Waals surface area contributed by atoms with Crippen molar-refractivity contribution in [1.29, 1.82) is 0 Å². The first kappa shape index (κ1) is 27.6. The summed E-state index contributed by atoms with van der Waals surface area (Å²) in [6.07, 6.45) is 2.63. The minimum absolute atomic E-state index is 0.0472. The first-order chi connectivity index (χ1) is 18.3. The lowest BCUT2D eigenvalue weighted by Crippen LogP contribution is -2.44. The highest BCUT2D eigenvalue weighted by molar-refractivity contribution is 6.31. The molecule has 38 heavy (non-hydrogen) atoms. The summed E-state index contributed by atoms with van der Waals surface area (Å²) in [6, 6.07) is 7.39. The first-order valence-corrected chi connectivity index (χ1v) is 12.4. The predicted molar refractivity (Wildman–Crippen MR) is 143 cm³/mol. The van der Waals surface area contributed by atoms with E-state index in [1.54, 1.807) is 19.2 Å². The van der Waals surface area contributed by atoms with Crippen molar-refractivity contribution >= 4 is 45.6 Å². The summed E-state index contributed by atoms with van der Waals surface area (Å²) in [6.45, 7) is 4.25. The summed E-state index contributed by atoms with van der Waals surface area (Å²) in [7, 11) is 3.58. The highest BCUT2D eigenvalue weighted by atomic mass is 35.5. The van der Waals surface area contributed by atoms with Gasteiger partial charge in [0.25, 0.3) is 5.91 Å². The van der Waals surface area contributed by atoms with Crippen LogP contribution in [0.1, 0.15) is 0 Å². The molecule has 0 aliphatic carbocycles. The van der Waals surface area contributed by atoms with E-state index in [2.05, 4.69) is 30.4 Å². The van der Waals surface area contributed by atoms with Crippen molar-refractivity contribution in [2.75, 3.05) is 70.7 Å². The SMILES string of the molecule is COCCOc1cc2ncnc(Nc3ccc(F)c(Cl)c3)c2cc1NC(=O)/C(F)=C/CN1CCN(C)CC1. The summed E-state index contributed by atoms with van der Waals surface area (Å²) < 4.78 is 39.2. The Balaban J connectivity index is 1.59. The molecule has 0 unspecified atom stereocenters. The van der Waals surface area contributed by atoms with Crippen LogP contribution in [0.3, 0.4) is 0 Å². The van der Waals surface area contributed by atoms with E-state index >= 15 is 0 Å². The van der Waals surface area contributed by atoms with E-state index < -0.39 is 17.6 Å². The summed E-state index contributed by atoms with van der Waals surface area (Å²) in [5, 5.41) is 6.15. The third-order valence-electron chi connectivity index (χ3n) is 6.05. The molecule has 2 N–H and O–H groups in total. The minimum atomic E-state index is -0.897. The number of halogens is 3. The fraction of sp³-hybridized carbons (Fsp3) is 0.346. The zero-order chi connectivity index (χ0) is 27.1. The van der Waals surface area contributed by atoms with Crippen LogP contribution in [-0.4, -0.2) is 85.8 Å². The molecule has 0 spiro atoms. The highest BCUT2D eigenvalue weighted by Crippen LogP contribution is 2.34. The Kier molecular flexibility index (Phi) is 9.40. The Bertz CT molecular complexity index is 1320. The molecule has 1 aliphatic heterocycles. The van der Waals surface area contributed by atoms with Crippen LogP contribution in [0, 0.1) is 5.82 Å². The quantitative estimate of drug-likeness (QED) is 0.288. The van der Waals surface area contributed by atoms with Crippen molar-refractivity contribution in [2.45, 2.75) is 0 Å². The average molecular weight is 547 g/mol. The number of carbonyl (C=O) groups excluding carboxylic acids is 1. The number of hydrogen-bond donors (Lipinski definition) is 2. The number of aromatic nitrogens is 2. The van der Waals surface area contributed by atoms with E-state index in [1.165, 1.54) is 30.6 Å². The van der Waals surface area contributed by atoms with Gasteiger partial charge in [-0.25, -0.2) is 18.7 Å². The number of rotatable bonds is 10. The van der Waals surface area contributed by atoms with Gasteiger partial charge >= 0.3 is 0 Å². The third-order valence-corrected chi connectivity index (χ3v) is 6.34. The number of hydrogen-bond acceptors (Lipinski definition) is 8. The Morgan fingerprint density at radius 2 is 1.95 bits per heavy atom. The number of amides is 1. The summed E-state index contributed by atoms with van der Waals surface area (Å²) in [5.74, 6) is -1.66. The van der Waals surface area contributed by atoms with Crippen molar-refractivity contribution in [3.63, 3.8) is 0 Å². The first-order valence-electron chi connectivity index (χ1n) is 12.0. The molecule has 2 heterocycles. The van der Waals surface area contributed by atoms with E-state index in [0.717, 1.165) is 26.2 Å². The van der Waals surface area contributed by atoms with Crippen LogP contribution in [0.15, 0.2) is 48.6 Å². The molecule has 202 valence electrons. The molecule has 1 amide bonds. The minimum Gasteiger partial charge on any atom is -0.489 e. The molecule has 1 saturated heterocycles. The number of piperazine rings is 1. The van der Waals surface area contributed by atoms with Gasteiger partial charge in [-0.1, -0.05) is 11.6 Å². The Labute approximate surface area is 224 Å². The van der Waals surface area contributed by atoms with Gasteiger partial charge in [0.05, 0.1) is 22.8 Å². The van der Waals surface area contributed by atoms with Gasteiger partial charge in [-0.3, -0.25) is 9.69 Å². The van der Waals surface area contributed by atoms with Crippen LogP contribution in [-0.2, 0) is 9.53 Å². The molecule has 0 bridgehead atoms. The molecule has 1 aromatic heterocycles. The number of carbonyl (C=O) groups is 1. The molecule has 4 rings (SSSR count). The van der Waals surface area contributed by atoms with Crippen LogP contribution >= 0.6 is 11.6 Å². The summed E-state index contributed by atoms with van der Waals surface area (Å²) in [5.41, 5.74) is 1.24. The summed E-state index contributed by atoms with van der Waals surface area (Å²) in [4.78, 5) is 25.6. The molecule has 1 fully saturated rings. The maximum Gasteiger partial charge on any atom is 0.284 e. The second-order valence-corrected chi connectivity index (χ2v) is 9.20. The molecule has 2 aromatic carbocycles. The Morgan fingerprint density at radius 1 is 1.16 bits per heavy atom. The second kappa shape index (κ2) is 12.9. The fourth-order valence-corrected chi connectivity index (χ4v) is 4.04. The number of fused-ring (bicyclic) bond motifs is 1. The van der Waals surface area contributed by atoms with Gasteiger partial charge in [-0.05, 0) is 37.4 Å². The molecule has 12 heteroatoms. The zero-order valence-electron chi connectivity index (χ0n) is 21.1. The number of nitrogens with one attached hydrogen (secondary N) is 2. The molecular weight excluding hydrogens is 518 g/mol. The Morgan fingerprint density at radius 3 is 2.68 bits per heavy atom. The molecule has 0 atom stereocenters. The van der Waals surface area contributed by atoms with E-state index in [0.29, 0.717) is 41.3 Å². The monoisotopic (exact) mass is 546 g/mol. The number of ether oxygens (including phenoxy) is 2. The summed E-state index contributed by atoms with van der Waals surface area (Å²) >= 11 is 5.91. The molecule has 9 nitrogen and oxygen atoms in total. The van der Waals surface area contributed by atoms with E-state index in [-0.39, 0.29) is 17.3 Å². The third kappa shape index (κ3) is 7.13. The number of anilines is 3. The van der Waals surface area contributed by atoms with E-state index in [1.807, 2.05) is 7.05 Å². The van der Waals surface area contributed by atoms with Gasteiger partial charge in [-0.2, -0.15) is 0 Å². The lowest BCUT2D eigenvalue weighted by Gasteiger charge is -2.31. The average Bonchev–Trinajstić information content (AvgIpc) is 2.91. The molecule has 0 radical (unpaired) electrons. The van der Waals surface area contributed by atoms with Crippen LogP contribution in [0.5, 0.6) is 5.75 Å². The van der Waals surface area contributed by atoms with Crippen LogP contribution in [0.4, 0.5) is 26.0 Å². The van der Waals surface area contributed by atoms with Crippen molar-refractivity contribution in [3.8, 4) is 5.75 Å². The molecular formula is C26H29ClF2N6O3. The van der Waals surface area contributed by atoms with Crippen LogP contribution in [0.25, 0.3) is 10.9 Å². The van der Waals surface area contributed by atoms with Gasteiger partial charge < -0.3 is 25.0 Å². The molecule has 3 aromatic rings. The van der Waals surface area contributed by atoms with Gasteiger partial charge in [0.2, 0.25) is 0 Å². The van der Waals surface area contributed by atoms with Gasteiger partial charge in [0.1, 0.15) is 30.3 Å². The van der Waals surface area contributed by atoms with Crippen molar-refractivity contribution < 1.29 is 23.0 Å². The molecule has 0 saturated carbocycles. The number of likely N-dealkylation sites (N-methyl/N-ethyl adjacent to an activating group) is 1. The van der Waals surface area contributed by atoms with Crippen molar-refractivity contribution in [3.05, 3.63) is 59.4 Å². The Hall–Kier alpha value is -3.38. The standard InChI is InChI=1S/C26H29ClF2N6O3/c1-34-7-9-35(10-8-34)6-5-21(29)26(36)33-23-14-18-22(15-24(23)38-12-11-37-2)30-16-31-25(18)32-17-3-4-20(28)19(27)13-17/h3-5,13-16H,6-12H2,1-2H3,(H,33,36)(H,30,31,32)/b21-5-. The largest absolute Gasteiger partial charge is 0.489 e. The molecule has 1 aliphatic rings. The highest BCUT2D eigenvalue weighted by Gasteiger charge is 2.18. The maximum absolute atomic E-state index is 14.8. The van der Waals surface area contributed by atoms with Crippen LogP contribution in [0.2, 0.25) is 5.02 Å². The normalized spacial score (nSPS) is 15.0. The fourth-order valence-electron chi connectivity index (χ4n) is 3.86. The topological polar surface area (TPSA) is 91.8 Å². The van der Waals surface area contributed by atoms with E-state index in [4.69, 9.17) is 21.1 Å². The lowest BCUT2D eigenvalue weighted by molar-refractivity contribution is -0.114. The smallest absolute Gasteiger partial charge is 0.284 e. The lowest BCUT2D eigenvalue weighted by atomic mass is 10.1. The second-order valence-electron chi connectivity index (χ2n) is 8.79. The number of benzene rings is 2. The number of methoxy groups -OCH3 is 1. The van der Waals surface area contributed by atoms with Crippen molar-refractivity contribution in [1.82, 2.24) is 19.8 Å². The van der Waals surface area contributed by atoms with Gasteiger partial charge in [0.15, 0.2) is 5.83 Å². The van der Waals surface area contributed by atoms with Crippen molar-refractivity contribution in [2.24, 2.45) is 0 Å². The van der Waals surface area contributed by atoms with E-state index in [9.17, 15) is 13.6 Å². The predicted octanol–water partition coefficient (Wildman–Crippen LogP) is 4.23.